The van der Waals surface area contributed by atoms with E-state index in [1.54, 1.807) is 0 Å². The molecule has 3 rings (SSSR count). The van der Waals surface area contributed by atoms with Crippen LogP contribution in [0.1, 0.15) is 67.5 Å². The molecule has 0 radical (unpaired) electrons. The molecule has 3 aromatic carbocycles. The van der Waals surface area contributed by atoms with Gasteiger partial charge in [-0.3, -0.25) is 0 Å². The topological polar surface area (TPSA) is 0 Å². The third kappa shape index (κ3) is 9.13. The number of hydrogen-bond donors (Lipinski definition) is 0. The van der Waals surface area contributed by atoms with Crippen molar-refractivity contribution in [3.05, 3.63) is 106 Å². The first-order valence-corrected chi connectivity index (χ1v) is 11.2. The van der Waals surface area contributed by atoms with Crippen LogP contribution in [0.4, 0.5) is 0 Å². The molecule has 0 atom stereocenters. The average molecular weight is 389 g/mol. The molecule has 0 heterocycles. The van der Waals surface area contributed by atoms with Gasteiger partial charge in [-0.15, -0.1) is 0 Å². The molecule has 0 aromatic heterocycles. The Morgan fingerprint density at radius 2 is 0.793 bits per heavy atom. The van der Waals surface area contributed by atoms with Crippen molar-refractivity contribution in [3.63, 3.8) is 0 Å². The van der Waals surface area contributed by atoms with Crippen molar-refractivity contribution in [2.45, 2.75) is 73.6 Å². The zero-order valence-corrected chi connectivity index (χ0v) is 19.5. The van der Waals surface area contributed by atoms with Gasteiger partial charge in [-0.1, -0.05) is 107 Å². The molecule has 0 aliphatic rings. The Morgan fingerprint density at radius 1 is 0.448 bits per heavy atom. The van der Waals surface area contributed by atoms with Crippen LogP contribution in [-0.2, 0) is 25.7 Å². The molecule has 0 aliphatic carbocycles. The summed E-state index contributed by atoms with van der Waals surface area (Å²) in [5.41, 5.74) is 8.75. The zero-order valence-electron chi connectivity index (χ0n) is 19.5. The van der Waals surface area contributed by atoms with Crippen molar-refractivity contribution in [2.75, 3.05) is 0 Å². The van der Waals surface area contributed by atoms with Crippen molar-refractivity contribution in [3.8, 4) is 0 Å². The summed E-state index contributed by atoms with van der Waals surface area (Å²) in [7, 11) is 0. The fourth-order valence-corrected chi connectivity index (χ4v) is 3.41. The minimum Gasteiger partial charge on any atom is -0.0651 e. The van der Waals surface area contributed by atoms with Gasteiger partial charge >= 0.3 is 0 Å². The molecule has 0 fully saturated rings. The monoisotopic (exact) mass is 388 g/mol. The molecule has 0 unspecified atom stereocenters. The quantitative estimate of drug-likeness (QED) is 0.412. The van der Waals surface area contributed by atoms with E-state index in [4.69, 9.17) is 0 Å². The maximum absolute atomic E-state index is 2.21. The molecular weight excluding hydrogens is 348 g/mol. The maximum Gasteiger partial charge on any atom is -0.0279 e. The van der Waals surface area contributed by atoms with Gasteiger partial charge in [0, 0.05) is 0 Å². The molecule has 0 heteroatoms. The van der Waals surface area contributed by atoms with Crippen LogP contribution in [0.25, 0.3) is 0 Å². The number of hydrogen-bond acceptors (Lipinski definition) is 0. The van der Waals surface area contributed by atoms with Crippen LogP contribution in [0, 0.1) is 13.8 Å². The van der Waals surface area contributed by atoms with Crippen LogP contribution in [0.2, 0.25) is 0 Å². The Hall–Kier alpha value is -2.34. The van der Waals surface area contributed by atoms with Crippen molar-refractivity contribution in [1.82, 2.24) is 0 Å². The van der Waals surface area contributed by atoms with Gasteiger partial charge in [-0.2, -0.15) is 0 Å². The lowest BCUT2D eigenvalue weighted by molar-refractivity contribution is 0.913. The molecule has 3 aromatic rings. The van der Waals surface area contributed by atoms with Crippen molar-refractivity contribution in [1.29, 1.82) is 0 Å². The van der Waals surface area contributed by atoms with E-state index in [0.29, 0.717) is 0 Å². The predicted molar refractivity (Wildman–Crippen MR) is 131 cm³/mol. The summed E-state index contributed by atoms with van der Waals surface area (Å²) in [6.07, 6.45) is 5.91. The molecule has 0 aliphatic heterocycles. The smallest absolute Gasteiger partial charge is 0.0279 e. The van der Waals surface area contributed by atoms with E-state index in [9.17, 15) is 0 Å². The van der Waals surface area contributed by atoms with E-state index in [-0.39, 0.29) is 0 Å². The Balaban J connectivity index is 0.000000218. The van der Waals surface area contributed by atoms with Gasteiger partial charge in [0.2, 0.25) is 0 Å². The number of aryl methyl sites for hydroxylation is 6. The van der Waals surface area contributed by atoms with Gasteiger partial charge in [0.15, 0.2) is 0 Å². The molecule has 0 nitrogen and oxygen atoms in total. The maximum atomic E-state index is 2.21. The first kappa shape index (κ1) is 24.7. The summed E-state index contributed by atoms with van der Waals surface area (Å²) in [6.45, 7) is 13.1. The highest BCUT2D eigenvalue weighted by Gasteiger charge is 1.94. The van der Waals surface area contributed by atoms with Crippen LogP contribution >= 0.6 is 0 Å². The highest BCUT2D eigenvalue weighted by Crippen LogP contribution is 2.09. The van der Waals surface area contributed by atoms with E-state index in [1.807, 2.05) is 0 Å². The Labute approximate surface area is 180 Å². The first-order valence-electron chi connectivity index (χ1n) is 11.2. The summed E-state index contributed by atoms with van der Waals surface area (Å²) in [5.74, 6) is 0. The molecule has 0 saturated carbocycles. The lowest BCUT2D eigenvalue weighted by atomic mass is 10.0. The third-order valence-electron chi connectivity index (χ3n) is 5.30. The van der Waals surface area contributed by atoms with E-state index < -0.39 is 0 Å². The van der Waals surface area contributed by atoms with Crippen LogP contribution in [0.5, 0.6) is 0 Å². The highest BCUT2D eigenvalue weighted by atomic mass is 14.0. The first-order chi connectivity index (χ1) is 14.1. The minimum atomic E-state index is 1.15. The molecule has 0 bridgehead atoms. The third-order valence-corrected chi connectivity index (χ3v) is 5.30. The molecular formula is C29H40. The van der Waals surface area contributed by atoms with Gasteiger partial charge in [-0.05, 0) is 72.9 Å². The van der Waals surface area contributed by atoms with Crippen molar-refractivity contribution >= 4 is 0 Å². The van der Waals surface area contributed by atoms with E-state index in [0.717, 1.165) is 19.3 Å². The summed E-state index contributed by atoms with van der Waals surface area (Å²) in [4.78, 5) is 0. The fraction of sp³-hybridized carbons (Fsp3) is 0.379. The van der Waals surface area contributed by atoms with Crippen LogP contribution in [0.15, 0.2) is 72.8 Å². The second kappa shape index (κ2) is 14.6. The van der Waals surface area contributed by atoms with Gasteiger partial charge in [-0.25, -0.2) is 0 Å². The molecule has 0 saturated heterocycles. The molecule has 0 amide bonds. The van der Waals surface area contributed by atoms with Gasteiger partial charge in [0.05, 0.1) is 0 Å². The summed E-state index contributed by atoms with van der Waals surface area (Å²) in [5, 5.41) is 0. The second-order valence-electron chi connectivity index (χ2n) is 7.43. The fourth-order valence-electron chi connectivity index (χ4n) is 3.41. The molecule has 156 valence electrons. The number of rotatable bonds is 5. The average Bonchev–Trinajstić information content (AvgIpc) is 2.76. The summed E-state index contributed by atoms with van der Waals surface area (Å²) in [6, 6.07) is 25.7. The standard InChI is InChI=1S/2C10H14.C9H12/c1-3-6-10-8-5-4-7-9(10)2;1-3-9-7-5-6-8-10(9)4-2;1-3-9-7-5-4-6-8(9)2/h4-5,7-8H,3,6H2,1-2H3;5-8H,3-4H2,1-2H3;4-7H,3H2,1-2H3. The lowest BCUT2D eigenvalue weighted by Crippen LogP contribution is -1.88. The Kier molecular flexibility index (Phi) is 12.5. The van der Waals surface area contributed by atoms with Crippen LogP contribution in [-0.4, -0.2) is 0 Å². The summed E-state index contributed by atoms with van der Waals surface area (Å²) >= 11 is 0. The zero-order chi connectivity index (χ0) is 21.5. The largest absolute Gasteiger partial charge is 0.0651 e. The highest BCUT2D eigenvalue weighted by molar-refractivity contribution is 5.27. The van der Waals surface area contributed by atoms with Gasteiger partial charge in [0.25, 0.3) is 0 Å². The number of benzene rings is 3. The normalized spacial score (nSPS) is 9.72. The van der Waals surface area contributed by atoms with E-state index >= 15 is 0 Å². The Bertz CT molecular complexity index is 791. The van der Waals surface area contributed by atoms with Crippen LogP contribution in [0.3, 0.4) is 0 Å². The van der Waals surface area contributed by atoms with E-state index in [2.05, 4.69) is 114 Å². The Morgan fingerprint density at radius 3 is 1.10 bits per heavy atom. The SMILES string of the molecule is CCCc1ccccc1C.CCc1ccccc1C.CCc1ccccc1CC. The van der Waals surface area contributed by atoms with Crippen molar-refractivity contribution < 1.29 is 0 Å². The predicted octanol–water partition coefficient (Wildman–Crippen LogP) is 8.32. The lowest BCUT2D eigenvalue weighted by Gasteiger charge is -2.02. The van der Waals surface area contributed by atoms with E-state index in [1.165, 1.54) is 46.2 Å². The minimum absolute atomic E-state index is 1.15. The summed E-state index contributed by atoms with van der Waals surface area (Å²) < 4.78 is 0. The molecule has 0 N–H and O–H groups in total. The van der Waals surface area contributed by atoms with Gasteiger partial charge < -0.3 is 0 Å². The van der Waals surface area contributed by atoms with Crippen LogP contribution < -0.4 is 0 Å². The molecule has 29 heavy (non-hydrogen) atoms. The molecule has 0 spiro atoms. The van der Waals surface area contributed by atoms with Gasteiger partial charge in [0.1, 0.15) is 0 Å². The second-order valence-corrected chi connectivity index (χ2v) is 7.43. The van der Waals surface area contributed by atoms with Crippen molar-refractivity contribution in [2.24, 2.45) is 0 Å².